The molecule has 1 amide bonds. The van der Waals surface area contributed by atoms with Crippen LogP contribution in [0.4, 0.5) is 0 Å². The van der Waals surface area contributed by atoms with Crippen LogP contribution in [0.2, 0.25) is 10.0 Å². The Morgan fingerprint density at radius 2 is 1.92 bits per heavy atom. The van der Waals surface area contributed by atoms with E-state index in [4.69, 9.17) is 23.2 Å². The number of hydrogen-bond acceptors (Lipinski definition) is 4. The van der Waals surface area contributed by atoms with Crippen LogP contribution in [0.1, 0.15) is 30.3 Å². The summed E-state index contributed by atoms with van der Waals surface area (Å²) >= 11 is 12.0. The molecule has 1 aliphatic rings. The first-order valence-electron chi connectivity index (χ1n) is 8.33. The molecule has 2 heterocycles. The van der Waals surface area contributed by atoms with Gasteiger partial charge in [0.2, 0.25) is 0 Å². The summed E-state index contributed by atoms with van der Waals surface area (Å²) in [4.78, 5) is 20.9. The maximum atomic E-state index is 12.5. The smallest absolute Gasteiger partial charge is 0.270 e. The Hall–Kier alpha value is -1.40. The van der Waals surface area contributed by atoms with Gasteiger partial charge in [-0.2, -0.15) is 0 Å². The van der Waals surface area contributed by atoms with Gasteiger partial charge >= 0.3 is 0 Å². The first kappa shape index (κ1) is 20.9. The van der Waals surface area contributed by atoms with Gasteiger partial charge < -0.3 is 10.6 Å². The summed E-state index contributed by atoms with van der Waals surface area (Å²) in [6.45, 7) is 4.05. The lowest BCUT2D eigenvalue weighted by Crippen LogP contribution is -2.42. The van der Waals surface area contributed by atoms with E-state index in [2.05, 4.69) is 27.5 Å². The number of rotatable bonds is 4. The lowest BCUT2D eigenvalue weighted by Gasteiger charge is -2.28. The van der Waals surface area contributed by atoms with E-state index in [0.29, 0.717) is 27.4 Å². The third kappa shape index (κ3) is 5.07. The van der Waals surface area contributed by atoms with Gasteiger partial charge in [0.05, 0.1) is 15.7 Å². The van der Waals surface area contributed by atoms with E-state index in [0.717, 1.165) is 31.5 Å². The van der Waals surface area contributed by atoms with E-state index in [1.807, 2.05) is 6.07 Å². The van der Waals surface area contributed by atoms with Crippen LogP contribution in [0, 0.1) is 5.92 Å². The lowest BCUT2D eigenvalue weighted by molar-refractivity contribution is 0.0915. The predicted molar refractivity (Wildman–Crippen MR) is 107 cm³/mol. The molecule has 0 saturated carbocycles. The fraction of sp³-hybridized carbons (Fsp3) is 0.389. The van der Waals surface area contributed by atoms with Gasteiger partial charge in [-0.25, -0.2) is 9.97 Å². The molecule has 1 aromatic heterocycles. The van der Waals surface area contributed by atoms with Crippen LogP contribution in [0.5, 0.6) is 0 Å². The summed E-state index contributed by atoms with van der Waals surface area (Å²) in [5, 5.41) is 7.32. The van der Waals surface area contributed by atoms with Crippen LogP contribution < -0.4 is 10.6 Å². The molecular formula is C18H21Cl3N4O. The number of aromatic nitrogens is 2. The molecule has 26 heavy (non-hydrogen) atoms. The number of amides is 1. The molecule has 2 N–H and O–H groups in total. The van der Waals surface area contributed by atoms with Crippen molar-refractivity contribution >= 4 is 41.5 Å². The van der Waals surface area contributed by atoms with Gasteiger partial charge in [0, 0.05) is 11.6 Å². The quantitative estimate of drug-likeness (QED) is 0.792. The van der Waals surface area contributed by atoms with Crippen molar-refractivity contribution in [1.82, 2.24) is 20.6 Å². The summed E-state index contributed by atoms with van der Waals surface area (Å²) < 4.78 is 0. The van der Waals surface area contributed by atoms with Crippen molar-refractivity contribution in [2.75, 3.05) is 13.1 Å². The molecule has 140 valence electrons. The minimum atomic E-state index is -0.185. The zero-order valence-electron chi connectivity index (χ0n) is 14.3. The van der Waals surface area contributed by atoms with Crippen molar-refractivity contribution in [2.24, 2.45) is 5.92 Å². The van der Waals surface area contributed by atoms with Gasteiger partial charge in [-0.15, -0.1) is 12.4 Å². The minimum absolute atomic E-state index is 0. The number of nitrogens with one attached hydrogen (secondary N) is 2. The molecule has 1 aliphatic heterocycles. The molecule has 3 rings (SSSR count). The van der Waals surface area contributed by atoms with Crippen molar-refractivity contribution < 1.29 is 4.79 Å². The first-order valence-corrected chi connectivity index (χ1v) is 9.09. The van der Waals surface area contributed by atoms with Crippen molar-refractivity contribution in [3.05, 3.63) is 46.3 Å². The SMILES string of the molecule is CC(NC(=O)c1cc(-c2ccc(Cl)c(Cl)c2)ncn1)C1CCNCC1.Cl. The highest BCUT2D eigenvalue weighted by Crippen LogP contribution is 2.27. The second-order valence-electron chi connectivity index (χ2n) is 6.27. The molecule has 0 bridgehead atoms. The van der Waals surface area contributed by atoms with E-state index in [1.54, 1.807) is 18.2 Å². The molecule has 1 fully saturated rings. The van der Waals surface area contributed by atoms with Crippen LogP contribution in [-0.4, -0.2) is 35.0 Å². The number of halogens is 3. The highest BCUT2D eigenvalue weighted by molar-refractivity contribution is 6.42. The Balaban J connectivity index is 0.00000243. The monoisotopic (exact) mass is 414 g/mol. The normalized spacial score (nSPS) is 15.8. The minimum Gasteiger partial charge on any atom is -0.348 e. The predicted octanol–water partition coefficient (Wildman–Crippen LogP) is 3.99. The van der Waals surface area contributed by atoms with Gasteiger partial charge in [0.1, 0.15) is 12.0 Å². The Bertz CT molecular complexity index is 766. The molecule has 5 nitrogen and oxygen atoms in total. The first-order chi connectivity index (χ1) is 12.0. The molecule has 1 saturated heterocycles. The van der Waals surface area contributed by atoms with E-state index in [9.17, 15) is 4.79 Å². The third-order valence-electron chi connectivity index (χ3n) is 4.56. The highest BCUT2D eigenvalue weighted by atomic mass is 35.5. The Labute approximate surface area is 169 Å². The average molecular weight is 416 g/mol. The Kier molecular flexibility index (Phi) is 7.65. The van der Waals surface area contributed by atoms with Gasteiger partial charge in [-0.1, -0.05) is 29.3 Å². The fourth-order valence-corrected chi connectivity index (χ4v) is 3.34. The number of benzene rings is 1. The van der Waals surface area contributed by atoms with Crippen LogP contribution >= 0.6 is 35.6 Å². The molecule has 0 spiro atoms. The summed E-state index contributed by atoms with van der Waals surface area (Å²) in [6.07, 6.45) is 3.53. The summed E-state index contributed by atoms with van der Waals surface area (Å²) in [6, 6.07) is 7.03. The largest absolute Gasteiger partial charge is 0.348 e. The Morgan fingerprint density at radius 1 is 1.19 bits per heavy atom. The lowest BCUT2D eigenvalue weighted by atomic mass is 9.91. The van der Waals surface area contributed by atoms with E-state index in [1.165, 1.54) is 6.33 Å². The fourth-order valence-electron chi connectivity index (χ4n) is 3.04. The number of nitrogens with zero attached hydrogens (tertiary/aromatic N) is 2. The molecule has 1 unspecified atom stereocenters. The van der Waals surface area contributed by atoms with Crippen molar-refractivity contribution in [1.29, 1.82) is 0 Å². The van der Waals surface area contributed by atoms with E-state index in [-0.39, 0.29) is 24.4 Å². The van der Waals surface area contributed by atoms with Crippen molar-refractivity contribution in [3.63, 3.8) is 0 Å². The Morgan fingerprint density at radius 3 is 2.62 bits per heavy atom. The van der Waals surface area contributed by atoms with E-state index >= 15 is 0 Å². The second kappa shape index (κ2) is 9.51. The van der Waals surface area contributed by atoms with Gasteiger partial charge in [0.25, 0.3) is 5.91 Å². The summed E-state index contributed by atoms with van der Waals surface area (Å²) in [5.41, 5.74) is 1.77. The maximum Gasteiger partial charge on any atom is 0.270 e. The van der Waals surface area contributed by atoms with Crippen LogP contribution in [0.25, 0.3) is 11.3 Å². The van der Waals surface area contributed by atoms with Crippen LogP contribution in [0.3, 0.4) is 0 Å². The molecule has 0 aliphatic carbocycles. The summed E-state index contributed by atoms with van der Waals surface area (Å²) in [7, 11) is 0. The van der Waals surface area contributed by atoms with E-state index < -0.39 is 0 Å². The third-order valence-corrected chi connectivity index (χ3v) is 5.30. The summed E-state index contributed by atoms with van der Waals surface area (Å²) in [5.74, 6) is 0.302. The van der Waals surface area contributed by atoms with Gasteiger partial charge in [-0.3, -0.25) is 4.79 Å². The molecule has 1 aromatic carbocycles. The van der Waals surface area contributed by atoms with Gasteiger partial charge in [0.15, 0.2) is 0 Å². The zero-order chi connectivity index (χ0) is 17.8. The number of carbonyl (C=O) groups excluding carboxylic acids is 1. The maximum absolute atomic E-state index is 12.5. The highest BCUT2D eigenvalue weighted by Gasteiger charge is 2.22. The van der Waals surface area contributed by atoms with Gasteiger partial charge in [-0.05, 0) is 57.0 Å². The molecular weight excluding hydrogens is 395 g/mol. The number of hydrogen-bond donors (Lipinski definition) is 2. The van der Waals surface area contributed by atoms with Crippen LogP contribution in [-0.2, 0) is 0 Å². The molecule has 0 radical (unpaired) electrons. The second-order valence-corrected chi connectivity index (χ2v) is 7.08. The molecule has 2 aromatic rings. The van der Waals surface area contributed by atoms with Crippen LogP contribution in [0.15, 0.2) is 30.6 Å². The van der Waals surface area contributed by atoms with Crippen molar-refractivity contribution in [3.8, 4) is 11.3 Å². The van der Waals surface area contributed by atoms with Crippen molar-refractivity contribution in [2.45, 2.75) is 25.8 Å². The average Bonchev–Trinajstić information content (AvgIpc) is 2.64. The molecule has 8 heteroatoms. The number of piperidine rings is 1. The standard InChI is InChI=1S/C18H20Cl2N4O.ClH/c1-11(12-4-6-21-7-5-12)24-18(25)17-9-16(22-10-23-17)13-2-3-14(19)15(20)8-13;/h2-3,8-12,21H,4-7H2,1H3,(H,24,25);1H. The zero-order valence-corrected chi connectivity index (χ0v) is 16.7. The topological polar surface area (TPSA) is 66.9 Å². The molecule has 1 atom stereocenters. The number of carbonyl (C=O) groups is 1.